The molecule has 0 radical (unpaired) electrons. The summed E-state index contributed by atoms with van der Waals surface area (Å²) in [7, 11) is 0. The molecule has 1 aliphatic carbocycles. The summed E-state index contributed by atoms with van der Waals surface area (Å²) in [6.45, 7) is 0. The standard InChI is InChI=1S/C18H11ClF3N3O2/c19-8-4-5-25-12(6-8)15-10-7-11(16(15)24-25)23-17(26)9-2-1-3-13(14(9)10)27-18(20,21)22/h1-6,10-11H,7H2,(H,23,26)/t10-,11-/m1/s1. The van der Waals surface area contributed by atoms with Gasteiger partial charge in [0, 0.05) is 33.8 Å². The summed E-state index contributed by atoms with van der Waals surface area (Å²) in [5.41, 5.74) is 2.51. The number of alkyl halides is 3. The normalized spacial score (nSPS) is 20.8. The third-order valence-corrected chi connectivity index (χ3v) is 5.24. The topological polar surface area (TPSA) is 55.6 Å². The third kappa shape index (κ3) is 2.47. The van der Waals surface area contributed by atoms with Crippen LogP contribution >= 0.6 is 11.6 Å². The highest BCUT2D eigenvalue weighted by molar-refractivity contribution is 6.30. The van der Waals surface area contributed by atoms with Crippen LogP contribution in [0.1, 0.15) is 45.6 Å². The van der Waals surface area contributed by atoms with E-state index in [0.717, 1.165) is 5.56 Å². The van der Waals surface area contributed by atoms with Crippen molar-refractivity contribution >= 4 is 23.0 Å². The van der Waals surface area contributed by atoms with Crippen LogP contribution in [0.25, 0.3) is 5.52 Å². The Morgan fingerprint density at radius 3 is 2.85 bits per heavy atom. The van der Waals surface area contributed by atoms with Crippen LogP contribution in [0.4, 0.5) is 13.2 Å². The minimum atomic E-state index is -4.86. The van der Waals surface area contributed by atoms with Crippen LogP contribution < -0.4 is 10.1 Å². The molecule has 0 unspecified atom stereocenters. The molecule has 1 aromatic carbocycles. The molecular weight excluding hydrogens is 383 g/mol. The molecule has 0 spiro atoms. The Hall–Kier alpha value is -2.74. The fourth-order valence-electron chi connectivity index (χ4n) is 4.08. The molecule has 1 aliphatic heterocycles. The second-order valence-corrected chi connectivity index (χ2v) is 6.99. The lowest BCUT2D eigenvalue weighted by Gasteiger charge is -2.19. The molecule has 2 aliphatic rings. The summed E-state index contributed by atoms with van der Waals surface area (Å²) < 4.78 is 44.7. The molecule has 1 N–H and O–H groups in total. The predicted octanol–water partition coefficient (Wildman–Crippen LogP) is 4.21. The summed E-state index contributed by atoms with van der Waals surface area (Å²) in [4.78, 5) is 12.6. The van der Waals surface area contributed by atoms with E-state index in [1.165, 1.54) is 18.2 Å². The highest BCUT2D eigenvalue weighted by Crippen LogP contribution is 2.51. The molecule has 1 amide bonds. The van der Waals surface area contributed by atoms with E-state index >= 15 is 0 Å². The fraction of sp³-hybridized carbons (Fsp3) is 0.222. The number of ether oxygens (including phenoxy) is 1. The van der Waals surface area contributed by atoms with Gasteiger partial charge in [-0.15, -0.1) is 13.2 Å². The van der Waals surface area contributed by atoms with Crippen molar-refractivity contribution in [2.24, 2.45) is 0 Å². The Balaban J connectivity index is 1.78. The van der Waals surface area contributed by atoms with Crippen molar-refractivity contribution in [1.82, 2.24) is 14.9 Å². The van der Waals surface area contributed by atoms with Gasteiger partial charge in [-0.05, 0) is 30.7 Å². The number of carbonyl (C=O) groups is 1. The van der Waals surface area contributed by atoms with Crippen LogP contribution in [0.15, 0.2) is 36.5 Å². The van der Waals surface area contributed by atoms with Crippen LogP contribution in [0, 0.1) is 0 Å². The van der Waals surface area contributed by atoms with Gasteiger partial charge in [0.05, 0.1) is 17.3 Å². The molecule has 2 atom stereocenters. The summed E-state index contributed by atoms with van der Waals surface area (Å²) >= 11 is 6.11. The zero-order valence-corrected chi connectivity index (χ0v) is 14.3. The van der Waals surface area contributed by atoms with Crippen LogP contribution in [0.3, 0.4) is 0 Å². The third-order valence-electron chi connectivity index (χ3n) is 5.00. The van der Waals surface area contributed by atoms with Crippen LogP contribution in [0.2, 0.25) is 5.02 Å². The van der Waals surface area contributed by atoms with E-state index in [0.29, 0.717) is 22.7 Å². The Morgan fingerprint density at radius 1 is 1.26 bits per heavy atom. The largest absolute Gasteiger partial charge is 0.573 e. The second-order valence-electron chi connectivity index (χ2n) is 6.55. The number of hydrogen-bond donors (Lipinski definition) is 1. The number of nitrogens with zero attached hydrogens (tertiary/aromatic N) is 2. The first-order valence-corrected chi connectivity index (χ1v) is 8.57. The molecule has 2 aromatic heterocycles. The molecule has 0 saturated heterocycles. The molecule has 5 nitrogen and oxygen atoms in total. The molecule has 0 fully saturated rings. The first-order valence-electron chi connectivity index (χ1n) is 8.19. The summed E-state index contributed by atoms with van der Waals surface area (Å²) in [6.07, 6.45) is -2.76. The lowest BCUT2D eigenvalue weighted by molar-refractivity contribution is -0.274. The number of amides is 1. The van der Waals surface area contributed by atoms with Gasteiger partial charge in [0.15, 0.2) is 0 Å². The highest BCUT2D eigenvalue weighted by atomic mass is 35.5. The number of fused-ring (bicyclic) bond motifs is 9. The Kier molecular flexibility index (Phi) is 3.28. The number of carbonyl (C=O) groups excluding carboxylic acids is 1. The maximum absolute atomic E-state index is 12.9. The number of pyridine rings is 1. The molecule has 9 heteroatoms. The van der Waals surface area contributed by atoms with Crippen molar-refractivity contribution in [1.29, 1.82) is 0 Å². The van der Waals surface area contributed by atoms with Crippen LogP contribution in [-0.2, 0) is 0 Å². The molecule has 3 aromatic rings. The molecule has 138 valence electrons. The smallest absolute Gasteiger partial charge is 0.405 e. The van der Waals surface area contributed by atoms with Crippen molar-refractivity contribution in [2.45, 2.75) is 24.7 Å². The Labute approximate surface area is 155 Å². The van der Waals surface area contributed by atoms with Gasteiger partial charge in [-0.1, -0.05) is 17.7 Å². The predicted molar refractivity (Wildman–Crippen MR) is 90.0 cm³/mol. The molecule has 2 bridgehead atoms. The minimum Gasteiger partial charge on any atom is -0.405 e. The quantitative estimate of drug-likeness (QED) is 0.674. The van der Waals surface area contributed by atoms with Crippen molar-refractivity contribution in [3.05, 3.63) is 63.9 Å². The number of hydrogen-bond acceptors (Lipinski definition) is 3. The second kappa shape index (κ2) is 5.39. The van der Waals surface area contributed by atoms with E-state index in [4.69, 9.17) is 11.6 Å². The van der Waals surface area contributed by atoms with Crippen molar-refractivity contribution < 1.29 is 22.7 Å². The van der Waals surface area contributed by atoms with Gasteiger partial charge in [0.2, 0.25) is 0 Å². The highest BCUT2D eigenvalue weighted by Gasteiger charge is 2.44. The average Bonchev–Trinajstić information content (AvgIpc) is 3.06. The van der Waals surface area contributed by atoms with Gasteiger partial charge in [0.25, 0.3) is 5.91 Å². The van der Waals surface area contributed by atoms with Gasteiger partial charge in [-0.3, -0.25) is 4.79 Å². The lowest BCUT2D eigenvalue weighted by Crippen LogP contribution is -2.27. The number of rotatable bonds is 1. The molecule has 3 heterocycles. The Bertz CT molecular complexity index is 1110. The van der Waals surface area contributed by atoms with E-state index in [1.807, 2.05) is 0 Å². The molecule has 0 saturated carbocycles. The van der Waals surface area contributed by atoms with Gasteiger partial charge < -0.3 is 10.1 Å². The summed E-state index contributed by atoms with van der Waals surface area (Å²) in [5.74, 6) is -1.27. The first-order chi connectivity index (χ1) is 12.8. The molecule has 5 rings (SSSR count). The van der Waals surface area contributed by atoms with Crippen LogP contribution in [-0.4, -0.2) is 21.9 Å². The zero-order valence-electron chi connectivity index (χ0n) is 13.5. The van der Waals surface area contributed by atoms with E-state index < -0.39 is 18.2 Å². The molecule has 27 heavy (non-hydrogen) atoms. The SMILES string of the molecule is O=C1N[C@@H]2C[C@H](c3c(OC(F)(F)F)cccc31)c1c2nn2ccc(Cl)cc12. The fourth-order valence-corrected chi connectivity index (χ4v) is 4.24. The van der Waals surface area contributed by atoms with Gasteiger partial charge in [-0.25, -0.2) is 4.52 Å². The summed E-state index contributed by atoms with van der Waals surface area (Å²) in [5, 5.41) is 7.87. The maximum atomic E-state index is 12.9. The monoisotopic (exact) mass is 393 g/mol. The minimum absolute atomic E-state index is 0.177. The zero-order chi connectivity index (χ0) is 18.9. The van der Waals surface area contributed by atoms with Gasteiger partial charge in [0.1, 0.15) is 5.75 Å². The molecular formula is C18H11ClF3N3O2. The van der Waals surface area contributed by atoms with Crippen LogP contribution in [0.5, 0.6) is 5.75 Å². The van der Waals surface area contributed by atoms with Gasteiger partial charge >= 0.3 is 6.36 Å². The number of nitrogens with one attached hydrogen (secondary N) is 1. The van der Waals surface area contributed by atoms with E-state index in [-0.39, 0.29) is 22.9 Å². The Morgan fingerprint density at radius 2 is 2.07 bits per heavy atom. The van der Waals surface area contributed by atoms with Crippen molar-refractivity contribution in [2.75, 3.05) is 0 Å². The number of halogens is 4. The maximum Gasteiger partial charge on any atom is 0.573 e. The summed E-state index contributed by atoms with van der Waals surface area (Å²) in [6, 6.07) is 7.13. The van der Waals surface area contributed by atoms with E-state index in [1.54, 1.807) is 22.8 Å². The number of benzene rings is 1. The van der Waals surface area contributed by atoms with Gasteiger partial charge in [-0.2, -0.15) is 5.10 Å². The van der Waals surface area contributed by atoms with E-state index in [2.05, 4.69) is 15.2 Å². The van der Waals surface area contributed by atoms with Crippen molar-refractivity contribution in [3.8, 4) is 5.75 Å². The lowest BCUT2D eigenvalue weighted by atomic mass is 9.89. The first kappa shape index (κ1) is 16.4. The average molecular weight is 394 g/mol. The number of aromatic nitrogens is 2. The van der Waals surface area contributed by atoms with Crippen molar-refractivity contribution in [3.63, 3.8) is 0 Å². The van der Waals surface area contributed by atoms with E-state index in [9.17, 15) is 18.0 Å².